The highest BCUT2D eigenvalue weighted by atomic mass is 19.1. The van der Waals surface area contributed by atoms with Gasteiger partial charge in [0.25, 0.3) is 0 Å². The molecule has 0 radical (unpaired) electrons. The van der Waals surface area contributed by atoms with E-state index in [0.29, 0.717) is 5.56 Å². The molecule has 8 heteroatoms. The minimum absolute atomic E-state index is 0.000556. The molecule has 0 saturated carbocycles. The number of rotatable bonds is 1. The predicted molar refractivity (Wildman–Crippen MR) is 87.3 cm³/mol. The molecule has 0 bridgehead atoms. The zero-order valence-corrected chi connectivity index (χ0v) is 13.5. The van der Waals surface area contributed by atoms with Gasteiger partial charge in [0.2, 0.25) is 5.82 Å². The van der Waals surface area contributed by atoms with Gasteiger partial charge in [0.15, 0.2) is 11.2 Å². The molecule has 0 spiro atoms. The van der Waals surface area contributed by atoms with Gasteiger partial charge in [0.1, 0.15) is 16.3 Å². The molecule has 0 amide bonds. The minimum atomic E-state index is -1.15. The van der Waals surface area contributed by atoms with E-state index in [1.54, 1.807) is 26.0 Å². The number of furan rings is 1. The zero-order valence-electron chi connectivity index (χ0n) is 13.5. The van der Waals surface area contributed by atoms with Gasteiger partial charge in [-0.15, -0.1) is 0 Å². The lowest BCUT2D eigenvalue weighted by Gasteiger charge is -2.29. The third-order valence-electron chi connectivity index (χ3n) is 4.18. The Labute approximate surface area is 139 Å². The maximum atomic E-state index is 14.1. The van der Waals surface area contributed by atoms with Crippen LogP contribution in [0.25, 0.3) is 28.0 Å². The molecule has 1 aliphatic rings. The Balaban J connectivity index is 2.29. The van der Waals surface area contributed by atoms with Crippen LogP contribution in [0.15, 0.2) is 25.8 Å². The lowest BCUT2D eigenvalue weighted by Crippen LogP contribution is -2.28. The molecule has 3 heterocycles. The van der Waals surface area contributed by atoms with E-state index < -0.39 is 27.9 Å². The fourth-order valence-electron chi connectivity index (χ4n) is 3.00. The zero-order chi connectivity index (χ0) is 18.1. The van der Waals surface area contributed by atoms with Crippen molar-refractivity contribution in [3.8, 4) is 5.75 Å². The van der Waals surface area contributed by atoms with Crippen LogP contribution in [0.3, 0.4) is 0 Å². The summed E-state index contributed by atoms with van der Waals surface area (Å²) in [5, 5.41) is 11.5. The monoisotopic (exact) mass is 345 g/mol. The van der Waals surface area contributed by atoms with Crippen LogP contribution in [0.5, 0.6) is 5.75 Å². The van der Waals surface area contributed by atoms with Crippen LogP contribution in [0.4, 0.5) is 10.3 Å². The molecule has 0 aliphatic carbocycles. The van der Waals surface area contributed by atoms with Crippen molar-refractivity contribution in [3.05, 3.63) is 49.6 Å². The van der Waals surface area contributed by atoms with Gasteiger partial charge < -0.3 is 13.6 Å². The SMILES string of the molecule is Cc1c(F)c(=O)oc2c1c1c(c3oc([N+](=O)[O-])cc32)C=CC(C)(C)O1. The van der Waals surface area contributed by atoms with Gasteiger partial charge in [0, 0.05) is 5.56 Å². The van der Waals surface area contributed by atoms with Gasteiger partial charge in [-0.05, 0) is 32.9 Å². The number of benzene rings is 1. The first-order chi connectivity index (χ1) is 11.7. The second-order valence-corrected chi connectivity index (χ2v) is 6.40. The summed E-state index contributed by atoms with van der Waals surface area (Å²) >= 11 is 0. The van der Waals surface area contributed by atoms with Crippen molar-refractivity contribution in [1.29, 1.82) is 0 Å². The average molecular weight is 345 g/mol. The molecule has 0 saturated heterocycles. The van der Waals surface area contributed by atoms with E-state index in [0.717, 1.165) is 6.07 Å². The summed E-state index contributed by atoms with van der Waals surface area (Å²) in [5.74, 6) is -1.27. The van der Waals surface area contributed by atoms with E-state index in [2.05, 4.69) is 0 Å². The molecule has 0 atom stereocenters. The summed E-state index contributed by atoms with van der Waals surface area (Å²) in [7, 11) is 0. The van der Waals surface area contributed by atoms with E-state index in [1.165, 1.54) is 6.92 Å². The molecule has 25 heavy (non-hydrogen) atoms. The number of hydrogen-bond acceptors (Lipinski definition) is 6. The number of ether oxygens (including phenoxy) is 1. The van der Waals surface area contributed by atoms with Crippen LogP contribution in [0.2, 0.25) is 0 Å². The lowest BCUT2D eigenvalue weighted by atomic mass is 9.97. The fraction of sp³-hybridized carbons (Fsp3) is 0.235. The lowest BCUT2D eigenvalue weighted by molar-refractivity contribution is -0.401. The maximum absolute atomic E-state index is 14.1. The Morgan fingerprint density at radius 3 is 2.64 bits per heavy atom. The van der Waals surface area contributed by atoms with Crippen LogP contribution in [0.1, 0.15) is 25.0 Å². The molecule has 0 unspecified atom stereocenters. The number of nitrogens with zero attached hydrogens (tertiary/aromatic N) is 1. The summed E-state index contributed by atoms with van der Waals surface area (Å²) in [6, 6.07) is 1.16. The van der Waals surface area contributed by atoms with Gasteiger partial charge in [0.05, 0.1) is 22.4 Å². The van der Waals surface area contributed by atoms with Crippen LogP contribution < -0.4 is 10.4 Å². The van der Waals surface area contributed by atoms with E-state index in [9.17, 15) is 19.3 Å². The highest BCUT2D eigenvalue weighted by molar-refractivity contribution is 6.11. The van der Waals surface area contributed by atoms with E-state index in [4.69, 9.17) is 13.6 Å². The molecule has 1 aromatic carbocycles. The first-order valence-electron chi connectivity index (χ1n) is 7.44. The number of hydrogen-bond donors (Lipinski definition) is 0. The number of fused-ring (bicyclic) bond motifs is 6. The Hall–Kier alpha value is -3.16. The van der Waals surface area contributed by atoms with Crippen LogP contribution in [-0.4, -0.2) is 10.5 Å². The molecule has 0 fully saturated rings. The molecule has 2 aromatic heterocycles. The summed E-state index contributed by atoms with van der Waals surface area (Å²) in [4.78, 5) is 22.2. The highest BCUT2D eigenvalue weighted by Gasteiger charge is 2.31. The maximum Gasteiger partial charge on any atom is 0.434 e. The van der Waals surface area contributed by atoms with Crippen LogP contribution in [-0.2, 0) is 0 Å². The van der Waals surface area contributed by atoms with Gasteiger partial charge in [-0.25, -0.2) is 4.79 Å². The molecule has 1 aliphatic heterocycles. The Kier molecular flexibility index (Phi) is 2.88. The average Bonchev–Trinajstić information content (AvgIpc) is 2.97. The van der Waals surface area contributed by atoms with Crippen molar-refractivity contribution in [1.82, 2.24) is 0 Å². The normalized spacial score (nSPS) is 15.4. The first kappa shape index (κ1) is 15.4. The van der Waals surface area contributed by atoms with Crippen molar-refractivity contribution in [3.63, 3.8) is 0 Å². The van der Waals surface area contributed by atoms with Crippen LogP contribution in [0, 0.1) is 22.9 Å². The largest absolute Gasteiger partial charge is 0.482 e. The molecule has 0 N–H and O–H groups in total. The molecule has 7 nitrogen and oxygen atoms in total. The summed E-state index contributed by atoms with van der Waals surface area (Å²) in [5.41, 5.74) is -1.20. The number of nitro groups is 1. The smallest absolute Gasteiger partial charge is 0.434 e. The summed E-state index contributed by atoms with van der Waals surface area (Å²) in [6.07, 6.45) is 3.47. The Morgan fingerprint density at radius 1 is 1.24 bits per heavy atom. The van der Waals surface area contributed by atoms with Crippen molar-refractivity contribution < 1.29 is 22.9 Å². The van der Waals surface area contributed by atoms with Crippen molar-refractivity contribution in [2.45, 2.75) is 26.4 Å². The van der Waals surface area contributed by atoms with Gasteiger partial charge in [-0.2, -0.15) is 4.39 Å². The third kappa shape index (κ3) is 2.07. The predicted octanol–water partition coefficient (Wildman–Crippen LogP) is 4.08. The summed E-state index contributed by atoms with van der Waals surface area (Å²) < 4.78 is 30.5. The standard InChI is InChI=1S/C17H12FNO6/c1-7-11-14(24-16(20)12(7)18)9-6-10(19(21)22)23-13(9)8-4-5-17(2,3)25-15(8)11/h4-6H,1-3H3. The van der Waals surface area contributed by atoms with E-state index in [-0.39, 0.29) is 33.3 Å². The van der Waals surface area contributed by atoms with Crippen molar-refractivity contribution in [2.24, 2.45) is 0 Å². The Bertz CT molecular complexity index is 1170. The molecular weight excluding hydrogens is 333 g/mol. The third-order valence-corrected chi connectivity index (χ3v) is 4.18. The number of halogens is 1. The quantitative estimate of drug-likeness (QED) is 0.375. The fourth-order valence-corrected chi connectivity index (χ4v) is 3.00. The van der Waals surface area contributed by atoms with Gasteiger partial charge in [-0.3, -0.25) is 10.1 Å². The first-order valence-corrected chi connectivity index (χ1v) is 7.44. The molecule has 3 aromatic rings. The second kappa shape index (κ2) is 4.69. The van der Waals surface area contributed by atoms with Gasteiger partial charge in [-0.1, -0.05) is 0 Å². The summed E-state index contributed by atoms with van der Waals surface area (Å²) in [6.45, 7) is 5.04. The van der Waals surface area contributed by atoms with E-state index >= 15 is 0 Å². The van der Waals surface area contributed by atoms with Crippen molar-refractivity contribution >= 4 is 33.9 Å². The molecular formula is C17H12FNO6. The van der Waals surface area contributed by atoms with Crippen LogP contribution >= 0.6 is 0 Å². The van der Waals surface area contributed by atoms with Gasteiger partial charge >= 0.3 is 11.5 Å². The highest BCUT2D eigenvalue weighted by Crippen LogP contribution is 2.46. The molecule has 4 rings (SSSR count). The molecule has 128 valence electrons. The van der Waals surface area contributed by atoms with E-state index in [1.807, 2.05) is 0 Å². The van der Waals surface area contributed by atoms with Crippen molar-refractivity contribution in [2.75, 3.05) is 0 Å². The topological polar surface area (TPSA) is 95.7 Å². The number of aryl methyl sites for hydroxylation is 1. The minimum Gasteiger partial charge on any atom is -0.482 e. The second-order valence-electron chi connectivity index (χ2n) is 6.40. The Morgan fingerprint density at radius 2 is 1.96 bits per heavy atom.